The number of hydrogen-bond acceptors (Lipinski definition) is 3. The topological polar surface area (TPSA) is 57.5 Å². The molecule has 0 amide bonds. The molecule has 0 aliphatic carbocycles. The first-order chi connectivity index (χ1) is 6.56. The molecule has 0 atom stereocenters. The van der Waals surface area contributed by atoms with Gasteiger partial charge in [-0.3, -0.25) is 4.79 Å². The summed E-state index contributed by atoms with van der Waals surface area (Å²) in [5, 5.41) is 17.6. The lowest BCUT2D eigenvalue weighted by molar-refractivity contribution is 0.0984. The second-order valence-corrected chi connectivity index (χ2v) is 2.89. The van der Waals surface area contributed by atoms with Gasteiger partial charge in [-0.25, -0.2) is 4.39 Å². The van der Waals surface area contributed by atoms with Crippen LogP contribution in [0.1, 0.15) is 23.7 Å². The molecule has 1 aromatic carbocycles. The molecule has 0 bridgehead atoms. The quantitative estimate of drug-likeness (QED) is 0.532. The van der Waals surface area contributed by atoms with Crippen molar-refractivity contribution in [1.82, 2.24) is 0 Å². The maximum absolute atomic E-state index is 13.1. The Kier molecular flexibility index (Phi) is 3.38. The highest BCUT2D eigenvalue weighted by Crippen LogP contribution is 2.07. The van der Waals surface area contributed by atoms with Crippen molar-refractivity contribution in [1.29, 1.82) is 0 Å². The molecule has 14 heavy (non-hydrogen) atoms. The lowest BCUT2D eigenvalue weighted by atomic mass is 9.79. The van der Waals surface area contributed by atoms with E-state index in [9.17, 15) is 9.18 Å². The number of hydrogen-bond donors (Lipinski definition) is 2. The van der Waals surface area contributed by atoms with Gasteiger partial charge in [0.05, 0.1) is 5.56 Å². The second kappa shape index (κ2) is 4.35. The second-order valence-electron chi connectivity index (χ2n) is 2.89. The standard InChI is InChI=1S/C9H10BFO3/c1-2-9(12)7-5-6(10(13)14)3-4-8(7)11/h3-5,13-14H,2H2,1H3. The van der Waals surface area contributed by atoms with Crippen LogP contribution >= 0.6 is 0 Å². The lowest BCUT2D eigenvalue weighted by Crippen LogP contribution is -2.30. The number of carbonyl (C=O) groups excluding carboxylic acids is 1. The van der Waals surface area contributed by atoms with Crippen molar-refractivity contribution in [2.24, 2.45) is 0 Å². The van der Waals surface area contributed by atoms with E-state index in [1.807, 2.05) is 0 Å². The minimum absolute atomic E-state index is 0.0990. The molecule has 0 aliphatic heterocycles. The van der Waals surface area contributed by atoms with Crippen molar-refractivity contribution in [2.45, 2.75) is 13.3 Å². The fourth-order valence-corrected chi connectivity index (χ4v) is 1.11. The van der Waals surface area contributed by atoms with Gasteiger partial charge in [0.15, 0.2) is 5.78 Å². The van der Waals surface area contributed by atoms with Crippen LogP contribution in [-0.4, -0.2) is 22.9 Å². The first-order valence-electron chi connectivity index (χ1n) is 4.25. The maximum atomic E-state index is 13.1. The monoisotopic (exact) mass is 196 g/mol. The normalized spacial score (nSPS) is 10.0. The maximum Gasteiger partial charge on any atom is 0.488 e. The zero-order valence-corrected chi connectivity index (χ0v) is 7.70. The molecule has 1 aromatic rings. The van der Waals surface area contributed by atoms with Crippen LogP contribution in [0.3, 0.4) is 0 Å². The highest BCUT2D eigenvalue weighted by atomic mass is 19.1. The van der Waals surface area contributed by atoms with E-state index in [2.05, 4.69) is 0 Å². The van der Waals surface area contributed by atoms with Crippen LogP contribution in [0.25, 0.3) is 0 Å². The fraction of sp³-hybridized carbons (Fsp3) is 0.222. The molecular formula is C9H10BFO3. The molecule has 5 heteroatoms. The molecule has 0 fully saturated rings. The zero-order chi connectivity index (χ0) is 10.7. The molecule has 0 saturated heterocycles. The van der Waals surface area contributed by atoms with Gasteiger partial charge in [0.2, 0.25) is 0 Å². The number of ketones is 1. The Morgan fingerprint density at radius 1 is 1.50 bits per heavy atom. The molecular weight excluding hydrogens is 186 g/mol. The Morgan fingerprint density at radius 2 is 2.14 bits per heavy atom. The number of benzene rings is 1. The zero-order valence-electron chi connectivity index (χ0n) is 7.70. The van der Waals surface area contributed by atoms with Crippen molar-refractivity contribution >= 4 is 18.4 Å². The van der Waals surface area contributed by atoms with Crippen LogP contribution < -0.4 is 5.46 Å². The molecule has 2 N–H and O–H groups in total. The summed E-state index contributed by atoms with van der Waals surface area (Å²) in [5.41, 5.74) is 0.0151. The third kappa shape index (κ3) is 2.18. The molecule has 0 saturated carbocycles. The summed E-state index contributed by atoms with van der Waals surface area (Å²) in [7, 11) is -1.68. The van der Waals surface area contributed by atoms with Gasteiger partial charge in [0, 0.05) is 6.42 Å². The SMILES string of the molecule is CCC(=O)c1cc(B(O)O)ccc1F. The predicted octanol–water partition coefficient (Wildman–Crippen LogP) is 0.0982. The summed E-state index contributed by atoms with van der Waals surface area (Å²) < 4.78 is 13.1. The van der Waals surface area contributed by atoms with Gasteiger partial charge < -0.3 is 10.0 Å². The van der Waals surface area contributed by atoms with Gasteiger partial charge in [-0.15, -0.1) is 0 Å². The largest absolute Gasteiger partial charge is 0.488 e. The molecule has 0 aliphatic rings. The summed E-state index contributed by atoms with van der Waals surface area (Å²) in [6, 6.07) is 3.44. The van der Waals surface area contributed by atoms with Gasteiger partial charge in [-0.05, 0) is 17.6 Å². The average Bonchev–Trinajstić information content (AvgIpc) is 2.17. The lowest BCUT2D eigenvalue weighted by Gasteiger charge is -2.03. The average molecular weight is 196 g/mol. The van der Waals surface area contributed by atoms with Gasteiger partial charge in [0.1, 0.15) is 5.82 Å². The van der Waals surface area contributed by atoms with Crippen LogP contribution in [0.2, 0.25) is 0 Å². The van der Waals surface area contributed by atoms with Gasteiger partial charge in [-0.1, -0.05) is 13.0 Å². The van der Waals surface area contributed by atoms with Crippen molar-refractivity contribution in [3.8, 4) is 0 Å². The molecule has 1 rings (SSSR count). The third-order valence-corrected chi connectivity index (χ3v) is 1.91. The van der Waals surface area contributed by atoms with Crippen molar-refractivity contribution in [2.75, 3.05) is 0 Å². The summed E-state index contributed by atoms with van der Waals surface area (Å²) in [5.74, 6) is -0.994. The van der Waals surface area contributed by atoms with Crippen LogP contribution in [0.4, 0.5) is 4.39 Å². The summed E-state index contributed by atoms with van der Waals surface area (Å²) in [4.78, 5) is 11.2. The Hall–Kier alpha value is -1.20. The Bertz CT molecular complexity index is 352. The molecule has 0 aromatic heterocycles. The van der Waals surface area contributed by atoms with E-state index < -0.39 is 12.9 Å². The third-order valence-electron chi connectivity index (χ3n) is 1.91. The summed E-state index contributed by atoms with van der Waals surface area (Å²) >= 11 is 0. The smallest absolute Gasteiger partial charge is 0.423 e. The van der Waals surface area contributed by atoms with E-state index in [1.165, 1.54) is 6.07 Å². The van der Waals surface area contributed by atoms with Crippen LogP contribution in [0, 0.1) is 5.82 Å². The van der Waals surface area contributed by atoms with Crippen LogP contribution in [0.5, 0.6) is 0 Å². The molecule has 3 nitrogen and oxygen atoms in total. The van der Waals surface area contributed by atoms with Crippen LogP contribution in [-0.2, 0) is 0 Å². The number of carbonyl (C=O) groups is 1. The van der Waals surface area contributed by atoms with Crippen molar-refractivity contribution in [3.63, 3.8) is 0 Å². The minimum Gasteiger partial charge on any atom is -0.423 e. The minimum atomic E-state index is -1.68. The number of rotatable bonds is 3. The van der Waals surface area contributed by atoms with Crippen molar-refractivity contribution < 1.29 is 19.2 Å². The molecule has 0 heterocycles. The van der Waals surface area contributed by atoms with E-state index in [4.69, 9.17) is 10.0 Å². The Morgan fingerprint density at radius 3 is 2.64 bits per heavy atom. The van der Waals surface area contributed by atoms with Gasteiger partial charge in [-0.2, -0.15) is 0 Å². The summed E-state index contributed by atoms with van der Waals surface area (Å²) in [6.45, 7) is 1.61. The molecule has 74 valence electrons. The summed E-state index contributed by atoms with van der Waals surface area (Å²) in [6.07, 6.45) is 0.182. The highest BCUT2D eigenvalue weighted by Gasteiger charge is 2.16. The van der Waals surface area contributed by atoms with E-state index in [-0.39, 0.29) is 23.2 Å². The van der Waals surface area contributed by atoms with Crippen LogP contribution in [0.15, 0.2) is 18.2 Å². The fourth-order valence-electron chi connectivity index (χ4n) is 1.11. The first kappa shape index (κ1) is 10.9. The first-order valence-corrected chi connectivity index (χ1v) is 4.25. The van der Waals surface area contributed by atoms with E-state index in [1.54, 1.807) is 6.92 Å². The van der Waals surface area contributed by atoms with Gasteiger partial charge in [0.25, 0.3) is 0 Å². The number of Topliss-reactive ketones (excluding diaryl/α,β-unsaturated/α-hetero) is 1. The molecule has 0 spiro atoms. The predicted molar refractivity (Wildman–Crippen MR) is 50.8 cm³/mol. The van der Waals surface area contributed by atoms with Gasteiger partial charge >= 0.3 is 7.12 Å². The highest BCUT2D eigenvalue weighted by molar-refractivity contribution is 6.58. The number of halogens is 1. The molecule has 0 unspecified atom stereocenters. The van der Waals surface area contributed by atoms with E-state index in [0.717, 1.165) is 12.1 Å². The van der Waals surface area contributed by atoms with Crippen molar-refractivity contribution in [3.05, 3.63) is 29.6 Å². The Labute approximate surface area is 81.3 Å². The van der Waals surface area contributed by atoms with E-state index >= 15 is 0 Å². The molecule has 0 radical (unpaired) electrons. The van der Waals surface area contributed by atoms with E-state index in [0.29, 0.717) is 0 Å². The Balaban J connectivity index is 3.15.